The van der Waals surface area contributed by atoms with E-state index in [1.54, 1.807) is 0 Å². The molecule has 0 saturated heterocycles. The molecule has 0 aliphatic carbocycles. The summed E-state index contributed by atoms with van der Waals surface area (Å²) < 4.78 is 0. The average molecular weight is 415 g/mol. The Kier molecular flexibility index (Phi) is 5.10. The van der Waals surface area contributed by atoms with Crippen LogP contribution in [0.25, 0.3) is 21.5 Å². The lowest BCUT2D eigenvalue weighted by atomic mass is 9.66. The summed E-state index contributed by atoms with van der Waals surface area (Å²) >= 11 is 0. The van der Waals surface area contributed by atoms with Gasteiger partial charge in [0.2, 0.25) is 0 Å². The zero-order valence-corrected chi connectivity index (χ0v) is 19.4. The third-order valence-corrected chi connectivity index (χ3v) is 7.11. The molecule has 0 aromatic heterocycles. The van der Waals surface area contributed by atoms with Crippen LogP contribution in [0.4, 0.5) is 0 Å². The molecule has 0 aliphatic rings. The summed E-state index contributed by atoms with van der Waals surface area (Å²) in [6.07, 6.45) is 0.993. The van der Waals surface area contributed by atoms with Gasteiger partial charge in [-0.05, 0) is 83.1 Å². The van der Waals surface area contributed by atoms with Crippen LogP contribution in [0.15, 0.2) is 97.1 Å². The molecule has 5 aromatic carbocycles. The molecular weight excluding hydrogens is 384 g/mol. The third kappa shape index (κ3) is 3.31. The largest absolute Gasteiger partial charge is 0.0639 e. The quantitative estimate of drug-likeness (QED) is 0.258. The van der Waals surface area contributed by atoms with Crippen LogP contribution in [0.1, 0.15) is 46.7 Å². The van der Waals surface area contributed by atoms with Crippen molar-refractivity contribution in [1.82, 2.24) is 0 Å². The number of aryl methyl sites for hydroxylation is 3. The topological polar surface area (TPSA) is 0 Å². The van der Waals surface area contributed by atoms with Crippen LogP contribution in [0, 0.1) is 20.8 Å². The molecule has 5 rings (SSSR count). The molecule has 0 aliphatic heterocycles. The van der Waals surface area contributed by atoms with Gasteiger partial charge in [-0.25, -0.2) is 0 Å². The Bertz CT molecular complexity index is 1350. The second-order valence-electron chi connectivity index (χ2n) is 9.20. The second-order valence-corrected chi connectivity index (χ2v) is 9.20. The first-order valence-electron chi connectivity index (χ1n) is 11.6. The first-order valence-corrected chi connectivity index (χ1v) is 11.6. The molecule has 0 saturated carbocycles. The van der Waals surface area contributed by atoms with Gasteiger partial charge in [0.1, 0.15) is 0 Å². The van der Waals surface area contributed by atoms with Crippen molar-refractivity contribution >= 4 is 21.5 Å². The van der Waals surface area contributed by atoms with Gasteiger partial charge in [-0.2, -0.15) is 0 Å². The molecule has 158 valence electrons. The van der Waals surface area contributed by atoms with Crippen molar-refractivity contribution in [3.05, 3.63) is 130 Å². The molecule has 32 heavy (non-hydrogen) atoms. The monoisotopic (exact) mass is 414 g/mol. The lowest BCUT2D eigenvalue weighted by Crippen LogP contribution is -2.29. The van der Waals surface area contributed by atoms with E-state index in [1.807, 2.05) is 0 Å². The lowest BCUT2D eigenvalue weighted by Gasteiger charge is -2.37. The summed E-state index contributed by atoms with van der Waals surface area (Å²) in [5.74, 6) is 0. The van der Waals surface area contributed by atoms with E-state index in [1.165, 1.54) is 54.9 Å². The predicted molar refractivity (Wildman–Crippen MR) is 139 cm³/mol. The van der Waals surface area contributed by atoms with E-state index in [-0.39, 0.29) is 5.41 Å². The fourth-order valence-corrected chi connectivity index (χ4v) is 5.39. The van der Waals surface area contributed by atoms with Gasteiger partial charge in [0.25, 0.3) is 0 Å². The summed E-state index contributed by atoms with van der Waals surface area (Å²) in [7, 11) is 0. The number of hydrogen-bond donors (Lipinski definition) is 0. The molecular formula is C32H30. The van der Waals surface area contributed by atoms with Crippen molar-refractivity contribution in [2.24, 2.45) is 0 Å². The van der Waals surface area contributed by atoms with Crippen LogP contribution in [0.3, 0.4) is 0 Å². The Hall–Kier alpha value is -3.38. The summed E-state index contributed by atoms with van der Waals surface area (Å²) in [4.78, 5) is 0. The highest BCUT2D eigenvalue weighted by Gasteiger charge is 2.36. The van der Waals surface area contributed by atoms with Crippen molar-refractivity contribution in [2.75, 3.05) is 0 Å². The minimum absolute atomic E-state index is 0.205. The molecule has 0 nitrogen and oxygen atoms in total. The van der Waals surface area contributed by atoms with E-state index >= 15 is 0 Å². The van der Waals surface area contributed by atoms with Crippen LogP contribution in [0.5, 0.6) is 0 Å². The highest BCUT2D eigenvalue weighted by atomic mass is 14.4. The van der Waals surface area contributed by atoms with Crippen LogP contribution >= 0.6 is 0 Å². The molecule has 0 heteroatoms. The normalized spacial score (nSPS) is 11.9. The molecule has 0 bridgehead atoms. The van der Waals surface area contributed by atoms with Crippen molar-refractivity contribution in [3.63, 3.8) is 0 Å². The number of benzene rings is 5. The van der Waals surface area contributed by atoms with E-state index < -0.39 is 0 Å². The van der Waals surface area contributed by atoms with Gasteiger partial charge in [-0.1, -0.05) is 103 Å². The van der Waals surface area contributed by atoms with Crippen molar-refractivity contribution in [1.29, 1.82) is 0 Å². The summed E-state index contributed by atoms with van der Waals surface area (Å²) in [6, 6.07) is 36.5. The minimum atomic E-state index is -0.205. The summed E-state index contributed by atoms with van der Waals surface area (Å²) in [5.41, 5.74) is 7.84. The Morgan fingerprint density at radius 2 is 1.00 bits per heavy atom. The first-order chi connectivity index (χ1) is 15.5. The fraction of sp³-hybridized carbons (Fsp3) is 0.188. The van der Waals surface area contributed by atoms with E-state index in [0.29, 0.717) is 0 Å². The van der Waals surface area contributed by atoms with Crippen molar-refractivity contribution < 1.29 is 0 Å². The standard InChI is InChI=1S/C32H30/c1-5-32(31-9-7-6-8-24(31)4,29-16-14-25-18-22(2)10-12-27(25)20-29)30-17-15-26-19-23(3)11-13-28(26)21-30/h6-21H,5H2,1-4H3. The molecule has 0 fully saturated rings. The Labute approximate surface area is 191 Å². The Morgan fingerprint density at radius 3 is 1.50 bits per heavy atom. The SMILES string of the molecule is CCC(c1ccc2cc(C)ccc2c1)(c1ccc2cc(C)ccc2c1)c1ccccc1C. The van der Waals surface area contributed by atoms with E-state index in [0.717, 1.165) is 6.42 Å². The molecule has 0 amide bonds. The summed E-state index contributed by atoms with van der Waals surface area (Å²) in [5, 5.41) is 5.21. The number of rotatable bonds is 4. The smallest absolute Gasteiger partial charge is 0.0451 e. The van der Waals surface area contributed by atoms with Crippen molar-refractivity contribution in [2.45, 2.75) is 39.5 Å². The van der Waals surface area contributed by atoms with Gasteiger partial charge in [0, 0.05) is 5.41 Å². The lowest BCUT2D eigenvalue weighted by molar-refractivity contribution is 0.591. The maximum absolute atomic E-state index is 2.41. The van der Waals surface area contributed by atoms with Crippen LogP contribution in [-0.2, 0) is 5.41 Å². The zero-order chi connectivity index (χ0) is 22.3. The molecule has 0 spiro atoms. The molecule has 0 atom stereocenters. The van der Waals surface area contributed by atoms with Crippen LogP contribution in [-0.4, -0.2) is 0 Å². The third-order valence-electron chi connectivity index (χ3n) is 7.11. The number of hydrogen-bond acceptors (Lipinski definition) is 0. The van der Waals surface area contributed by atoms with E-state index in [4.69, 9.17) is 0 Å². The predicted octanol–water partition coefficient (Wildman–Crippen LogP) is 8.66. The highest BCUT2D eigenvalue weighted by Crippen LogP contribution is 2.45. The Balaban J connectivity index is 1.83. The molecule has 0 radical (unpaired) electrons. The molecule has 0 heterocycles. The van der Waals surface area contributed by atoms with Crippen molar-refractivity contribution in [3.8, 4) is 0 Å². The van der Waals surface area contributed by atoms with Gasteiger partial charge in [0.15, 0.2) is 0 Å². The van der Waals surface area contributed by atoms with E-state index in [2.05, 4.69) is 125 Å². The fourth-order valence-electron chi connectivity index (χ4n) is 5.39. The molecule has 0 N–H and O–H groups in total. The summed E-state index contributed by atoms with van der Waals surface area (Å²) in [6.45, 7) is 8.89. The van der Waals surface area contributed by atoms with Gasteiger partial charge in [-0.15, -0.1) is 0 Å². The van der Waals surface area contributed by atoms with Gasteiger partial charge in [0.05, 0.1) is 0 Å². The second kappa shape index (κ2) is 7.95. The van der Waals surface area contributed by atoms with Crippen LogP contribution < -0.4 is 0 Å². The Morgan fingerprint density at radius 1 is 0.531 bits per heavy atom. The average Bonchev–Trinajstić information content (AvgIpc) is 2.81. The maximum Gasteiger partial charge on any atom is 0.0451 e. The zero-order valence-electron chi connectivity index (χ0n) is 19.4. The highest BCUT2D eigenvalue weighted by molar-refractivity contribution is 5.86. The first kappa shape index (κ1) is 20.5. The van der Waals surface area contributed by atoms with Crippen LogP contribution in [0.2, 0.25) is 0 Å². The van der Waals surface area contributed by atoms with Gasteiger partial charge < -0.3 is 0 Å². The maximum atomic E-state index is 2.41. The molecule has 0 unspecified atom stereocenters. The molecule has 5 aromatic rings. The van der Waals surface area contributed by atoms with Gasteiger partial charge in [-0.3, -0.25) is 0 Å². The van der Waals surface area contributed by atoms with Gasteiger partial charge >= 0.3 is 0 Å². The minimum Gasteiger partial charge on any atom is -0.0639 e. The van der Waals surface area contributed by atoms with E-state index in [9.17, 15) is 0 Å². The number of fused-ring (bicyclic) bond motifs is 2.